The number of carboxylic acids is 1. The molecular weight excluding hydrogens is 226 g/mol. The van der Waals surface area contributed by atoms with Crippen molar-refractivity contribution in [3.05, 3.63) is 28.8 Å². The first kappa shape index (κ1) is 11.3. The Morgan fingerprint density at radius 2 is 2.31 bits per heavy atom. The highest BCUT2D eigenvalue weighted by atomic mass is 35.5. The lowest BCUT2D eigenvalue weighted by Crippen LogP contribution is -2.05. The number of aromatic carboxylic acids is 1. The monoisotopic (exact) mass is 239 g/mol. The first-order valence-corrected chi connectivity index (χ1v) is 5.72. The van der Waals surface area contributed by atoms with Crippen LogP contribution in [0.25, 0.3) is 0 Å². The van der Waals surface area contributed by atoms with E-state index < -0.39 is 5.97 Å². The number of anilines is 1. The van der Waals surface area contributed by atoms with Crippen molar-refractivity contribution in [2.24, 2.45) is 11.8 Å². The Hall–Kier alpha value is -1.22. The minimum Gasteiger partial charge on any atom is -0.478 e. The summed E-state index contributed by atoms with van der Waals surface area (Å²) in [6.07, 6.45) is 1.26. The van der Waals surface area contributed by atoms with Crippen LogP contribution in [0.15, 0.2) is 18.2 Å². The fourth-order valence-electron chi connectivity index (χ4n) is 1.72. The van der Waals surface area contributed by atoms with E-state index in [1.165, 1.54) is 12.5 Å². The van der Waals surface area contributed by atoms with Crippen LogP contribution in [0.3, 0.4) is 0 Å². The molecule has 1 aromatic rings. The summed E-state index contributed by atoms with van der Waals surface area (Å²) in [7, 11) is 0. The zero-order valence-corrected chi connectivity index (χ0v) is 9.79. The zero-order chi connectivity index (χ0) is 11.7. The summed E-state index contributed by atoms with van der Waals surface area (Å²) in [6, 6.07) is 4.76. The number of carbonyl (C=O) groups is 1. The lowest BCUT2D eigenvalue weighted by atomic mass is 10.2. The van der Waals surface area contributed by atoms with E-state index in [1.54, 1.807) is 12.1 Å². The van der Waals surface area contributed by atoms with Gasteiger partial charge in [-0.15, -0.1) is 0 Å². The number of halogens is 1. The summed E-state index contributed by atoms with van der Waals surface area (Å²) in [5, 5.41) is 12.5. The Morgan fingerprint density at radius 3 is 2.81 bits per heavy atom. The topological polar surface area (TPSA) is 49.3 Å². The summed E-state index contributed by atoms with van der Waals surface area (Å²) >= 11 is 5.99. The van der Waals surface area contributed by atoms with E-state index >= 15 is 0 Å². The Labute approximate surface area is 99.4 Å². The van der Waals surface area contributed by atoms with Crippen LogP contribution < -0.4 is 5.32 Å². The Balaban J connectivity index is 2.01. The molecule has 2 unspecified atom stereocenters. The van der Waals surface area contributed by atoms with Gasteiger partial charge in [-0.05, 0) is 36.5 Å². The fourth-order valence-corrected chi connectivity index (χ4v) is 1.96. The molecule has 0 amide bonds. The zero-order valence-electron chi connectivity index (χ0n) is 9.03. The van der Waals surface area contributed by atoms with Crippen molar-refractivity contribution >= 4 is 23.3 Å². The molecule has 2 atom stereocenters. The summed E-state index contributed by atoms with van der Waals surface area (Å²) in [5.41, 5.74) is 1.03. The molecule has 0 radical (unpaired) electrons. The van der Waals surface area contributed by atoms with E-state index in [2.05, 4.69) is 12.2 Å². The Kier molecular flexibility index (Phi) is 3.06. The number of rotatable bonds is 4. The van der Waals surface area contributed by atoms with Crippen LogP contribution in [0, 0.1) is 11.8 Å². The maximum Gasteiger partial charge on any atom is 0.335 e. The molecule has 1 fully saturated rings. The van der Waals surface area contributed by atoms with Gasteiger partial charge in [-0.1, -0.05) is 18.5 Å². The molecule has 0 heterocycles. The van der Waals surface area contributed by atoms with Crippen LogP contribution in [0.4, 0.5) is 5.69 Å². The van der Waals surface area contributed by atoms with Gasteiger partial charge in [0.25, 0.3) is 0 Å². The van der Waals surface area contributed by atoms with Crippen molar-refractivity contribution in [1.82, 2.24) is 0 Å². The standard InChI is InChI=1S/C12H14ClNO2/c1-7-4-9(7)6-14-11-3-2-8(12(15)16)5-10(11)13/h2-3,5,7,9,14H,4,6H2,1H3,(H,15,16). The van der Waals surface area contributed by atoms with Gasteiger partial charge in [0.15, 0.2) is 0 Å². The van der Waals surface area contributed by atoms with Gasteiger partial charge < -0.3 is 10.4 Å². The highest BCUT2D eigenvalue weighted by Crippen LogP contribution is 2.38. The third-order valence-corrected chi connectivity index (χ3v) is 3.36. The van der Waals surface area contributed by atoms with Crippen molar-refractivity contribution in [2.75, 3.05) is 11.9 Å². The molecule has 0 aromatic heterocycles. The number of hydrogen-bond acceptors (Lipinski definition) is 2. The highest BCUT2D eigenvalue weighted by Gasteiger charge is 2.31. The molecule has 0 spiro atoms. The van der Waals surface area contributed by atoms with Gasteiger partial charge in [0.2, 0.25) is 0 Å². The molecule has 3 nitrogen and oxygen atoms in total. The van der Waals surface area contributed by atoms with Gasteiger partial charge in [0, 0.05) is 6.54 Å². The molecule has 2 N–H and O–H groups in total. The predicted octanol–water partition coefficient (Wildman–Crippen LogP) is 3.11. The fraction of sp³-hybridized carbons (Fsp3) is 0.417. The van der Waals surface area contributed by atoms with Gasteiger partial charge in [0.1, 0.15) is 0 Å². The maximum absolute atomic E-state index is 10.7. The average molecular weight is 240 g/mol. The van der Waals surface area contributed by atoms with E-state index in [0.29, 0.717) is 5.02 Å². The predicted molar refractivity (Wildman–Crippen MR) is 64.2 cm³/mol. The Bertz CT molecular complexity index is 419. The number of carboxylic acid groups (broad SMARTS) is 1. The summed E-state index contributed by atoms with van der Waals surface area (Å²) in [4.78, 5) is 10.7. The van der Waals surface area contributed by atoms with E-state index in [-0.39, 0.29) is 5.56 Å². The minimum absolute atomic E-state index is 0.218. The van der Waals surface area contributed by atoms with Gasteiger partial charge >= 0.3 is 5.97 Å². The molecule has 1 saturated carbocycles. The quantitative estimate of drug-likeness (QED) is 0.849. The van der Waals surface area contributed by atoms with Crippen molar-refractivity contribution in [1.29, 1.82) is 0 Å². The van der Waals surface area contributed by atoms with Crippen molar-refractivity contribution in [3.63, 3.8) is 0 Å². The molecule has 86 valence electrons. The van der Waals surface area contributed by atoms with Crippen LogP contribution in [0.2, 0.25) is 5.02 Å². The summed E-state index contributed by atoms with van der Waals surface area (Å²) in [6.45, 7) is 3.13. The van der Waals surface area contributed by atoms with Crippen LogP contribution in [-0.2, 0) is 0 Å². The SMILES string of the molecule is CC1CC1CNc1ccc(C(=O)O)cc1Cl. The number of benzene rings is 1. The number of nitrogens with one attached hydrogen (secondary N) is 1. The van der Waals surface area contributed by atoms with Gasteiger partial charge in [0.05, 0.1) is 16.3 Å². The molecule has 4 heteroatoms. The molecule has 0 aliphatic heterocycles. The van der Waals surface area contributed by atoms with E-state index in [1.807, 2.05) is 0 Å². The molecule has 1 aliphatic rings. The normalized spacial score (nSPS) is 22.9. The van der Waals surface area contributed by atoms with Crippen LogP contribution in [0.5, 0.6) is 0 Å². The van der Waals surface area contributed by atoms with Crippen molar-refractivity contribution in [3.8, 4) is 0 Å². The Morgan fingerprint density at radius 1 is 1.62 bits per heavy atom. The second-order valence-electron chi connectivity index (χ2n) is 4.35. The molecular formula is C12H14ClNO2. The van der Waals surface area contributed by atoms with Gasteiger partial charge in [-0.3, -0.25) is 0 Å². The third kappa shape index (κ3) is 2.47. The van der Waals surface area contributed by atoms with Crippen LogP contribution in [-0.4, -0.2) is 17.6 Å². The van der Waals surface area contributed by atoms with Crippen LogP contribution in [0.1, 0.15) is 23.7 Å². The lowest BCUT2D eigenvalue weighted by Gasteiger charge is -2.08. The maximum atomic E-state index is 10.7. The summed E-state index contributed by atoms with van der Waals surface area (Å²) < 4.78 is 0. The minimum atomic E-state index is -0.954. The molecule has 0 bridgehead atoms. The average Bonchev–Trinajstić information content (AvgIpc) is 2.92. The second-order valence-corrected chi connectivity index (χ2v) is 4.76. The van der Waals surface area contributed by atoms with Crippen LogP contribution >= 0.6 is 11.6 Å². The largest absolute Gasteiger partial charge is 0.478 e. The highest BCUT2D eigenvalue weighted by molar-refractivity contribution is 6.33. The van der Waals surface area contributed by atoms with E-state index in [0.717, 1.165) is 24.1 Å². The lowest BCUT2D eigenvalue weighted by molar-refractivity contribution is 0.0697. The van der Waals surface area contributed by atoms with Crippen molar-refractivity contribution < 1.29 is 9.90 Å². The van der Waals surface area contributed by atoms with Crippen molar-refractivity contribution in [2.45, 2.75) is 13.3 Å². The second kappa shape index (κ2) is 4.34. The molecule has 1 aliphatic carbocycles. The smallest absolute Gasteiger partial charge is 0.335 e. The number of hydrogen-bond donors (Lipinski definition) is 2. The van der Waals surface area contributed by atoms with E-state index in [4.69, 9.17) is 16.7 Å². The molecule has 1 aromatic carbocycles. The third-order valence-electron chi connectivity index (χ3n) is 3.05. The van der Waals surface area contributed by atoms with Gasteiger partial charge in [-0.25, -0.2) is 4.79 Å². The van der Waals surface area contributed by atoms with Gasteiger partial charge in [-0.2, -0.15) is 0 Å². The molecule has 0 saturated heterocycles. The first-order chi connectivity index (χ1) is 7.58. The molecule has 2 rings (SSSR count). The van der Waals surface area contributed by atoms with E-state index in [9.17, 15) is 4.79 Å². The first-order valence-electron chi connectivity index (χ1n) is 5.34. The summed E-state index contributed by atoms with van der Waals surface area (Å²) in [5.74, 6) is 0.573. The molecule has 16 heavy (non-hydrogen) atoms.